The number of rotatable bonds is 2. The fraction of sp³-hybridized carbons (Fsp3) is 0.273. The summed E-state index contributed by atoms with van der Waals surface area (Å²) < 4.78 is 5.24. The molecule has 17 heavy (non-hydrogen) atoms. The maximum absolute atomic E-state index is 11.7. The molecule has 2 amide bonds. The van der Waals surface area contributed by atoms with Crippen molar-refractivity contribution in [1.29, 1.82) is 0 Å². The van der Waals surface area contributed by atoms with Crippen LogP contribution in [0, 0.1) is 0 Å². The number of anilines is 1. The highest BCUT2D eigenvalue weighted by Gasteiger charge is 2.30. The standard InChI is InChI=1S/C11H13N3O3/c12-4-7-1-2-9-8(3-7)14(10(15)5-13)11(16)6-17-9/h1-3H,4-6,12-13H2. The minimum absolute atomic E-state index is 0.152. The third-order valence-electron chi connectivity index (χ3n) is 2.52. The summed E-state index contributed by atoms with van der Waals surface area (Å²) in [5.74, 6) is -0.376. The van der Waals surface area contributed by atoms with Crippen LogP contribution in [-0.2, 0) is 16.1 Å². The molecule has 2 rings (SSSR count). The Bertz CT molecular complexity index is 473. The molecule has 0 atom stereocenters. The molecular weight excluding hydrogens is 222 g/mol. The third-order valence-corrected chi connectivity index (χ3v) is 2.52. The molecule has 4 N–H and O–H groups in total. The van der Waals surface area contributed by atoms with Crippen molar-refractivity contribution in [1.82, 2.24) is 0 Å². The Morgan fingerprint density at radius 3 is 2.82 bits per heavy atom. The number of hydrogen-bond donors (Lipinski definition) is 2. The summed E-state index contributed by atoms with van der Waals surface area (Å²) in [5.41, 5.74) is 12.0. The number of benzene rings is 1. The molecule has 1 aliphatic rings. The lowest BCUT2D eigenvalue weighted by atomic mass is 10.1. The van der Waals surface area contributed by atoms with Crippen LogP contribution >= 0.6 is 0 Å². The van der Waals surface area contributed by atoms with Gasteiger partial charge in [-0.25, -0.2) is 4.90 Å². The van der Waals surface area contributed by atoms with E-state index in [9.17, 15) is 9.59 Å². The highest BCUT2D eigenvalue weighted by molar-refractivity contribution is 6.17. The van der Waals surface area contributed by atoms with Gasteiger partial charge in [0.1, 0.15) is 5.75 Å². The van der Waals surface area contributed by atoms with Gasteiger partial charge in [0.2, 0.25) is 5.91 Å². The van der Waals surface area contributed by atoms with E-state index in [0.717, 1.165) is 10.5 Å². The molecule has 6 nitrogen and oxygen atoms in total. The SMILES string of the molecule is NCC(=O)N1C(=O)COc2ccc(CN)cc21. The third kappa shape index (κ3) is 2.00. The van der Waals surface area contributed by atoms with Crippen LogP contribution in [-0.4, -0.2) is 25.0 Å². The molecule has 0 saturated heterocycles. The molecule has 0 fully saturated rings. The Hall–Kier alpha value is -1.92. The van der Waals surface area contributed by atoms with E-state index in [0.29, 0.717) is 18.0 Å². The lowest BCUT2D eigenvalue weighted by molar-refractivity contribution is -0.127. The van der Waals surface area contributed by atoms with Gasteiger partial charge in [-0.05, 0) is 17.7 Å². The number of fused-ring (bicyclic) bond motifs is 1. The van der Waals surface area contributed by atoms with E-state index in [-0.39, 0.29) is 13.2 Å². The van der Waals surface area contributed by atoms with E-state index in [1.807, 2.05) is 0 Å². The van der Waals surface area contributed by atoms with E-state index in [1.165, 1.54) is 0 Å². The van der Waals surface area contributed by atoms with E-state index in [4.69, 9.17) is 16.2 Å². The maximum atomic E-state index is 11.7. The molecule has 0 bridgehead atoms. The largest absolute Gasteiger partial charge is 0.482 e. The predicted octanol–water partition coefficient (Wildman–Crippen LogP) is -0.644. The van der Waals surface area contributed by atoms with E-state index in [1.54, 1.807) is 18.2 Å². The molecule has 0 unspecified atom stereocenters. The number of nitrogens with two attached hydrogens (primary N) is 2. The summed E-state index contributed by atoms with van der Waals surface area (Å²) in [7, 11) is 0. The Kier molecular flexibility index (Phi) is 3.08. The molecule has 0 spiro atoms. The van der Waals surface area contributed by atoms with Gasteiger partial charge in [0.15, 0.2) is 6.61 Å². The van der Waals surface area contributed by atoms with E-state index < -0.39 is 11.8 Å². The van der Waals surface area contributed by atoms with Crippen molar-refractivity contribution in [2.45, 2.75) is 6.54 Å². The summed E-state index contributed by atoms with van der Waals surface area (Å²) in [6.07, 6.45) is 0. The van der Waals surface area contributed by atoms with Crippen LogP contribution in [0.3, 0.4) is 0 Å². The van der Waals surface area contributed by atoms with Gasteiger partial charge in [-0.2, -0.15) is 0 Å². The minimum Gasteiger partial charge on any atom is -0.482 e. The summed E-state index contributed by atoms with van der Waals surface area (Å²) in [6.45, 7) is -0.0507. The molecule has 0 aliphatic carbocycles. The number of carbonyl (C=O) groups is 2. The fourth-order valence-corrected chi connectivity index (χ4v) is 1.69. The lowest BCUT2D eigenvalue weighted by Crippen LogP contribution is -2.45. The van der Waals surface area contributed by atoms with Crippen LogP contribution in [0.1, 0.15) is 5.56 Å². The quantitative estimate of drug-likeness (QED) is 0.710. The average Bonchev–Trinajstić information content (AvgIpc) is 2.37. The number of nitrogens with zero attached hydrogens (tertiary/aromatic N) is 1. The summed E-state index contributed by atoms with van der Waals surface area (Å²) in [4.78, 5) is 24.3. The number of hydrogen-bond acceptors (Lipinski definition) is 5. The highest BCUT2D eigenvalue weighted by Crippen LogP contribution is 2.32. The van der Waals surface area contributed by atoms with E-state index >= 15 is 0 Å². The first kappa shape index (κ1) is 11.6. The number of ether oxygens (including phenoxy) is 1. The van der Waals surface area contributed by atoms with Crippen LogP contribution in [0.15, 0.2) is 18.2 Å². The lowest BCUT2D eigenvalue weighted by Gasteiger charge is -2.27. The zero-order chi connectivity index (χ0) is 12.4. The van der Waals surface area contributed by atoms with Gasteiger partial charge in [-0.3, -0.25) is 9.59 Å². The zero-order valence-electron chi connectivity index (χ0n) is 9.18. The first-order chi connectivity index (χ1) is 8.17. The van der Waals surface area contributed by atoms with Crippen molar-refractivity contribution < 1.29 is 14.3 Å². The Labute approximate surface area is 98.1 Å². The van der Waals surface area contributed by atoms with Gasteiger partial charge in [-0.1, -0.05) is 6.07 Å². The monoisotopic (exact) mass is 235 g/mol. The van der Waals surface area contributed by atoms with Crippen molar-refractivity contribution >= 4 is 17.5 Å². The van der Waals surface area contributed by atoms with Gasteiger partial charge in [0, 0.05) is 6.54 Å². The second-order valence-electron chi connectivity index (χ2n) is 3.62. The second kappa shape index (κ2) is 4.52. The van der Waals surface area contributed by atoms with Crippen LogP contribution < -0.4 is 21.1 Å². The van der Waals surface area contributed by atoms with Crippen molar-refractivity contribution in [2.75, 3.05) is 18.1 Å². The predicted molar refractivity (Wildman–Crippen MR) is 61.4 cm³/mol. The van der Waals surface area contributed by atoms with Crippen molar-refractivity contribution in [3.63, 3.8) is 0 Å². The molecule has 90 valence electrons. The van der Waals surface area contributed by atoms with Gasteiger partial charge >= 0.3 is 0 Å². The Morgan fingerprint density at radius 1 is 1.41 bits per heavy atom. The maximum Gasteiger partial charge on any atom is 0.271 e. The summed E-state index contributed by atoms with van der Waals surface area (Å²) >= 11 is 0. The summed E-state index contributed by atoms with van der Waals surface area (Å²) in [5, 5.41) is 0. The molecular formula is C11H13N3O3. The second-order valence-corrected chi connectivity index (χ2v) is 3.62. The minimum atomic E-state index is -0.450. The van der Waals surface area contributed by atoms with E-state index in [2.05, 4.69) is 0 Å². The van der Waals surface area contributed by atoms with Gasteiger partial charge in [-0.15, -0.1) is 0 Å². The van der Waals surface area contributed by atoms with Crippen molar-refractivity contribution in [3.05, 3.63) is 23.8 Å². The molecule has 1 aliphatic heterocycles. The van der Waals surface area contributed by atoms with Gasteiger partial charge in [0.05, 0.1) is 12.2 Å². The number of carbonyl (C=O) groups excluding carboxylic acids is 2. The topological polar surface area (TPSA) is 98.7 Å². The average molecular weight is 235 g/mol. The molecule has 0 radical (unpaired) electrons. The summed E-state index contributed by atoms with van der Waals surface area (Å²) in [6, 6.07) is 5.15. The molecule has 0 saturated carbocycles. The normalized spacial score (nSPS) is 14.2. The van der Waals surface area contributed by atoms with Crippen LogP contribution in [0.4, 0.5) is 5.69 Å². The highest BCUT2D eigenvalue weighted by atomic mass is 16.5. The first-order valence-corrected chi connectivity index (χ1v) is 5.19. The molecule has 0 aromatic heterocycles. The molecule has 1 heterocycles. The van der Waals surface area contributed by atoms with Gasteiger partial charge < -0.3 is 16.2 Å². The van der Waals surface area contributed by atoms with Crippen molar-refractivity contribution in [3.8, 4) is 5.75 Å². The van der Waals surface area contributed by atoms with Crippen LogP contribution in [0.25, 0.3) is 0 Å². The zero-order valence-corrected chi connectivity index (χ0v) is 9.18. The number of amides is 2. The molecule has 1 aromatic carbocycles. The molecule has 1 aromatic rings. The Balaban J connectivity index is 2.48. The van der Waals surface area contributed by atoms with Crippen LogP contribution in [0.5, 0.6) is 5.75 Å². The smallest absolute Gasteiger partial charge is 0.271 e. The van der Waals surface area contributed by atoms with Crippen LogP contribution in [0.2, 0.25) is 0 Å². The fourth-order valence-electron chi connectivity index (χ4n) is 1.69. The number of imide groups is 1. The van der Waals surface area contributed by atoms with Crippen molar-refractivity contribution in [2.24, 2.45) is 11.5 Å². The Morgan fingerprint density at radius 2 is 2.18 bits per heavy atom. The molecule has 6 heteroatoms. The van der Waals surface area contributed by atoms with Gasteiger partial charge in [0.25, 0.3) is 5.91 Å². The first-order valence-electron chi connectivity index (χ1n) is 5.19.